The topological polar surface area (TPSA) is 121 Å². The molecule has 6 rings (SSSR count). The van der Waals surface area contributed by atoms with Gasteiger partial charge in [0, 0.05) is 30.4 Å². The molecular formula is C27H27N7O2. The van der Waals surface area contributed by atoms with Crippen LogP contribution in [0.4, 0.5) is 5.69 Å². The minimum Gasteiger partial charge on any atom is -0.374 e. The summed E-state index contributed by atoms with van der Waals surface area (Å²) in [6.07, 6.45) is 1.74. The van der Waals surface area contributed by atoms with E-state index in [1.165, 1.54) is 0 Å². The molecule has 0 radical (unpaired) electrons. The monoisotopic (exact) mass is 481 g/mol. The number of imidazole rings is 1. The molecule has 0 amide bonds. The average molecular weight is 482 g/mol. The number of aryl methyl sites for hydroxylation is 1. The van der Waals surface area contributed by atoms with E-state index in [0.29, 0.717) is 29.5 Å². The number of para-hydroxylation sites is 1. The molecule has 4 N–H and O–H groups in total. The lowest BCUT2D eigenvalue weighted by atomic mass is 10.1. The second-order valence-electron chi connectivity index (χ2n) is 9.10. The van der Waals surface area contributed by atoms with Crippen LogP contribution in [-0.2, 0) is 4.74 Å². The molecule has 9 heteroatoms. The summed E-state index contributed by atoms with van der Waals surface area (Å²) in [4.78, 5) is 33.6. The smallest absolute Gasteiger partial charge is 0.261 e. The summed E-state index contributed by atoms with van der Waals surface area (Å²) >= 11 is 0. The van der Waals surface area contributed by atoms with Crippen LogP contribution in [0.3, 0.4) is 0 Å². The van der Waals surface area contributed by atoms with Crippen LogP contribution in [0.25, 0.3) is 33.3 Å². The van der Waals surface area contributed by atoms with E-state index in [-0.39, 0.29) is 17.7 Å². The Balaban J connectivity index is 1.47. The number of aromatic nitrogens is 5. The number of pyridine rings is 1. The van der Waals surface area contributed by atoms with Crippen molar-refractivity contribution in [2.75, 3.05) is 25.0 Å². The predicted molar refractivity (Wildman–Crippen MR) is 140 cm³/mol. The maximum Gasteiger partial charge on any atom is 0.261 e. The van der Waals surface area contributed by atoms with Crippen LogP contribution < -0.4 is 16.2 Å². The number of nitrogens with zero attached hydrogens (tertiary/aromatic N) is 3. The van der Waals surface area contributed by atoms with Crippen LogP contribution in [0, 0.1) is 6.92 Å². The van der Waals surface area contributed by atoms with Crippen molar-refractivity contribution in [2.24, 2.45) is 0 Å². The highest BCUT2D eigenvalue weighted by molar-refractivity contribution is 5.99. The first-order valence-corrected chi connectivity index (χ1v) is 12.1. The number of hydrogen-bond acceptors (Lipinski definition) is 7. The van der Waals surface area contributed by atoms with Gasteiger partial charge in [0.25, 0.3) is 5.56 Å². The first kappa shape index (κ1) is 22.4. The summed E-state index contributed by atoms with van der Waals surface area (Å²) in [6.45, 7) is 6.23. The lowest BCUT2D eigenvalue weighted by Crippen LogP contribution is -2.33. The van der Waals surface area contributed by atoms with Crippen LogP contribution in [0.15, 0.2) is 59.5 Å². The summed E-state index contributed by atoms with van der Waals surface area (Å²) in [6, 6.07) is 15.4. The molecule has 0 aliphatic carbocycles. The van der Waals surface area contributed by atoms with Crippen molar-refractivity contribution in [1.82, 2.24) is 30.2 Å². The van der Waals surface area contributed by atoms with Crippen LogP contribution in [0.2, 0.25) is 0 Å². The van der Waals surface area contributed by atoms with Gasteiger partial charge in [-0.2, -0.15) is 0 Å². The number of hydrogen-bond donors (Lipinski definition) is 4. The molecule has 1 saturated heterocycles. The van der Waals surface area contributed by atoms with Crippen LogP contribution in [0.1, 0.15) is 36.2 Å². The molecular weight excluding hydrogens is 454 g/mol. The normalized spacial score (nSPS) is 16.9. The van der Waals surface area contributed by atoms with E-state index in [1.807, 2.05) is 56.3 Å². The summed E-state index contributed by atoms with van der Waals surface area (Å²) in [5, 5.41) is 7.76. The molecule has 9 nitrogen and oxygen atoms in total. The second kappa shape index (κ2) is 9.18. The average Bonchev–Trinajstić information content (AvgIpc) is 3.32. The number of fused-ring (bicyclic) bond motifs is 2. The first-order valence-electron chi connectivity index (χ1n) is 12.1. The fraction of sp³-hybridized carbons (Fsp3) is 0.259. The Morgan fingerprint density at radius 1 is 1.08 bits per heavy atom. The lowest BCUT2D eigenvalue weighted by Gasteiger charge is -2.23. The number of aromatic amines is 2. The molecule has 1 aliphatic heterocycles. The Labute approximate surface area is 207 Å². The molecule has 182 valence electrons. The molecule has 0 spiro atoms. The fourth-order valence-electron chi connectivity index (χ4n) is 4.70. The second-order valence-corrected chi connectivity index (χ2v) is 9.10. The molecule has 4 heterocycles. The lowest BCUT2D eigenvalue weighted by molar-refractivity contribution is 0.0278. The molecule has 36 heavy (non-hydrogen) atoms. The van der Waals surface area contributed by atoms with Crippen molar-refractivity contribution in [3.63, 3.8) is 0 Å². The van der Waals surface area contributed by atoms with Crippen LogP contribution >= 0.6 is 0 Å². The van der Waals surface area contributed by atoms with E-state index in [1.54, 1.807) is 6.20 Å². The number of rotatable bonds is 5. The molecule has 1 unspecified atom stereocenters. The predicted octanol–water partition coefficient (Wildman–Crippen LogP) is 4.00. The standard InChI is InChI=1S/C27H27N7O2/c1-15-9-10-29-25(30-15)16(2)31-24-18-5-3-4-6-19(18)34-27(35)23(24)26-32-20-8-7-17(13-21(20)33-26)22-14-28-11-12-36-22/h3-10,13,16,22,28H,11-12,14H2,1-2H3,(H,32,33)(H2,31,34,35)/t16?,22-/m1/s1. The number of H-pyrrole nitrogens is 2. The van der Waals surface area contributed by atoms with E-state index < -0.39 is 0 Å². The summed E-state index contributed by atoms with van der Waals surface area (Å²) in [7, 11) is 0. The van der Waals surface area contributed by atoms with Gasteiger partial charge in [-0.05, 0) is 43.7 Å². The van der Waals surface area contributed by atoms with Gasteiger partial charge in [-0.25, -0.2) is 15.0 Å². The van der Waals surface area contributed by atoms with Gasteiger partial charge >= 0.3 is 0 Å². The molecule has 0 saturated carbocycles. The minimum absolute atomic E-state index is 0.00798. The van der Waals surface area contributed by atoms with Crippen molar-refractivity contribution in [3.8, 4) is 11.4 Å². The third kappa shape index (κ3) is 4.12. The van der Waals surface area contributed by atoms with Crippen LogP contribution in [-0.4, -0.2) is 44.6 Å². The van der Waals surface area contributed by atoms with Crippen molar-refractivity contribution >= 4 is 27.6 Å². The van der Waals surface area contributed by atoms with Gasteiger partial charge < -0.3 is 25.3 Å². The minimum atomic E-state index is -0.235. The highest BCUT2D eigenvalue weighted by Gasteiger charge is 2.22. The molecule has 5 aromatic rings. The van der Waals surface area contributed by atoms with E-state index in [2.05, 4.69) is 36.6 Å². The van der Waals surface area contributed by atoms with Gasteiger partial charge in [0.15, 0.2) is 0 Å². The summed E-state index contributed by atoms with van der Waals surface area (Å²) in [5.74, 6) is 1.15. The van der Waals surface area contributed by atoms with E-state index >= 15 is 0 Å². The highest BCUT2D eigenvalue weighted by Crippen LogP contribution is 2.33. The summed E-state index contributed by atoms with van der Waals surface area (Å²) in [5.41, 5.74) is 5.23. The van der Waals surface area contributed by atoms with Gasteiger partial charge in [-0.15, -0.1) is 0 Å². The zero-order chi connectivity index (χ0) is 24.6. The van der Waals surface area contributed by atoms with Gasteiger partial charge in [-0.3, -0.25) is 4.79 Å². The van der Waals surface area contributed by atoms with Gasteiger partial charge in [0.05, 0.1) is 41.0 Å². The van der Waals surface area contributed by atoms with Gasteiger partial charge in [0.2, 0.25) is 0 Å². The van der Waals surface area contributed by atoms with Crippen molar-refractivity contribution in [1.29, 1.82) is 0 Å². The van der Waals surface area contributed by atoms with E-state index in [4.69, 9.17) is 9.72 Å². The highest BCUT2D eigenvalue weighted by atomic mass is 16.5. The number of nitrogens with one attached hydrogen (secondary N) is 4. The van der Waals surface area contributed by atoms with Gasteiger partial charge in [-0.1, -0.05) is 24.3 Å². The van der Waals surface area contributed by atoms with Crippen LogP contribution in [0.5, 0.6) is 0 Å². The molecule has 1 aliphatic rings. The Kier molecular flexibility index (Phi) is 5.71. The van der Waals surface area contributed by atoms with Crippen molar-refractivity contribution in [3.05, 3.63) is 82.2 Å². The zero-order valence-corrected chi connectivity index (χ0v) is 20.1. The Morgan fingerprint density at radius 2 is 1.97 bits per heavy atom. The third-order valence-electron chi connectivity index (χ3n) is 6.53. The van der Waals surface area contributed by atoms with Gasteiger partial charge in [0.1, 0.15) is 17.2 Å². The van der Waals surface area contributed by atoms with E-state index in [0.717, 1.165) is 46.3 Å². The Bertz CT molecular complexity index is 1620. The zero-order valence-electron chi connectivity index (χ0n) is 20.1. The Hall–Kier alpha value is -4.08. The molecule has 2 aromatic carbocycles. The van der Waals surface area contributed by atoms with E-state index in [9.17, 15) is 4.79 Å². The Morgan fingerprint density at radius 3 is 2.81 bits per heavy atom. The maximum atomic E-state index is 13.4. The number of anilines is 1. The first-order chi connectivity index (χ1) is 17.6. The largest absolute Gasteiger partial charge is 0.374 e. The SMILES string of the molecule is Cc1ccnc(C(C)Nc2c(-c3nc4ccc([C@H]5CNCCO5)cc4[nH]3)c(=O)[nH]c3ccccc23)n1. The molecule has 3 aromatic heterocycles. The molecule has 2 atom stereocenters. The number of benzene rings is 2. The number of morpholine rings is 1. The molecule has 1 fully saturated rings. The quantitative estimate of drug-likeness (QED) is 0.299. The van der Waals surface area contributed by atoms with Crippen molar-refractivity contribution in [2.45, 2.75) is 26.0 Å². The number of ether oxygens (including phenoxy) is 1. The van der Waals surface area contributed by atoms with Crippen molar-refractivity contribution < 1.29 is 4.74 Å². The third-order valence-corrected chi connectivity index (χ3v) is 6.53. The fourth-order valence-corrected chi connectivity index (χ4v) is 4.70. The maximum absolute atomic E-state index is 13.4. The summed E-state index contributed by atoms with van der Waals surface area (Å²) < 4.78 is 5.91. The molecule has 0 bridgehead atoms.